The van der Waals surface area contributed by atoms with Gasteiger partial charge in [0.15, 0.2) is 24.1 Å². The van der Waals surface area contributed by atoms with E-state index >= 15 is 0 Å². The molecule has 0 bridgehead atoms. The quantitative estimate of drug-likeness (QED) is 0.510. The molecular weight excluding hydrogens is 389 g/mol. The summed E-state index contributed by atoms with van der Waals surface area (Å²) in [7, 11) is 3.15. The predicted octanol–water partition coefficient (Wildman–Crippen LogP) is 3.62. The highest BCUT2D eigenvalue weighted by molar-refractivity contribution is 5.93. The van der Waals surface area contributed by atoms with Crippen molar-refractivity contribution in [2.45, 2.75) is 19.6 Å². The van der Waals surface area contributed by atoms with Gasteiger partial charge >= 0.3 is 6.18 Å². The van der Waals surface area contributed by atoms with Crippen LogP contribution in [-0.4, -0.2) is 44.5 Å². The van der Waals surface area contributed by atoms with Crippen LogP contribution in [0.15, 0.2) is 41.5 Å². The molecule has 158 valence electrons. The first-order valence-corrected chi connectivity index (χ1v) is 8.77. The summed E-state index contributed by atoms with van der Waals surface area (Å²) in [5, 5.41) is 6.18. The maximum absolute atomic E-state index is 12.3. The van der Waals surface area contributed by atoms with E-state index in [1.807, 2.05) is 13.0 Å². The van der Waals surface area contributed by atoms with Gasteiger partial charge in [0.25, 0.3) is 0 Å². The number of nitrogens with one attached hydrogen (secondary N) is 2. The molecule has 0 unspecified atom stereocenters. The molecular formula is C19H23F3N4O3. The largest absolute Gasteiger partial charge is 0.493 e. The van der Waals surface area contributed by atoms with Gasteiger partial charge in [-0.2, -0.15) is 13.2 Å². The molecule has 0 aliphatic rings. The Kier molecular flexibility index (Phi) is 7.93. The van der Waals surface area contributed by atoms with Crippen LogP contribution in [-0.2, 0) is 6.54 Å². The van der Waals surface area contributed by atoms with Crippen molar-refractivity contribution in [3.05, 3.63) is 42.1 Å². The molecule has 1 aromatic heterocycles. The second kappa shape index (κ2) is 10.4. The summed E-state index contributed by atoms with van der Waals surface area (Å²) in [5.74, 6) is 1.58. The van der Waals surface area contributed by atoms with Crippen molar-refractivity contribution >= 4 is 11.6 Å². The van der Waals surface area contributed by atoms with E-state index in [-0.39, 0.29) is 5.88 Å². The van der Waals surface area contributed by atoms with Gasteiger partial charge in [0.2, 0.25) is 5.88 Å². The number of nitrogens with zero attached hydrogens (tertiary/aromatic N) is 2. The molecule has 2 rings (SSSR count). The summed E-state index contributed by atoms with van der Waals surface area (Å²) in [4.78, 5) is 7.91. The Bertz CT molecular complexity index is 829. The number of halogens is 3. The molecule has 1 heterocycles. The minimum absolute atomic E-state index is 0.0965. The van der Waals surface area contributed by atoms with Gasteiger partial charge in [-0.1, -0.05) is 0 Å². The third-order valence-corrected chi connectivity index (χ3v) is 3.59. The fourth-order valence-corrected chi connectivity index (χ4v) is 2.32. The lowest BCUT2D eigenvalue weighted by Gasteiger charge is -2.15. The van der Waals surface area contributed by atoms with Crippen LogP contribution in [0.25, 0.3) is 0 Å². The molecule has 7 nitrogen and oxygen atoms in total. The smallest absolute Gasteiger partial charge is 0.422 e. The Balaban J connectivity index is 1.97. The maximum Gasteiger partial charge on any atom is 0.422 e. The second-order valence-electron chi connectivity index (χ2n) is 5.76. The Hall–Kier alpha value is -3.17. The molecule has 0 radical (unpaired) electrons. The summed E-state index contributed by atoms with van der Waals surface area (Å²) in [6.45, 7) is 1.32. The molecule has 0 aliphatic carbocycles. The Labute approximate surface area is 166 Å². The second-order valence-corrected chi connectivity index (χ2v) is 5.76. The van der Waals surface area contributed by atoms with Gasteiger partial charge in [0.1, 0.15) is 0 Å². The van der Waals surface area contributed by atoms with Gasteiger partial charge in [-0.15, -0.1) is 0 Å². The van der Waals surface area contributed by atoms with Crippen molar-refractivity contribution in [2.24, 2.45) is 4.99 Å². The van der Waals surface area contributed by atoms with Crippen molar-refractivity contribution in [1.82, 2.24) is 10.3 Å². The number of benzene rings is 1. The maximum atomic E-state index is 12.3. The molecule has 0 atom stereocenters. The number of aromatic nitrogens is 1. The number of alkyl halides is 3. The fraction of sp³-hybridized carbons (Fsp3) is 0.368. The highest BCUT2D eigenvalue weighted by atomic mass is 19.4. The van der Waals surface area contributed by atoms with E-state index in [0.717, 1.165) is 5.69 Å². The first kappa shape index (κ1) is 22.1. The van der Waals surface area contributed by atoms with Gasteiger partial charge in [0, 0.05) is 37.6 Å². The van der Waals surface area contributed by atoms with Gasteiger partial charge in [0.05, 0.1) is 13.7 Å². The highest BCUT2D eigenvalue weighted by Crippen LogP contribution is 2.30. The molecule has 0 saturated heterocycles. The lowest BCUT2D eigenvalue weighted by Crippen LogP contribution is -2.30. The third kappa shape index (κ3) is 7.40. The SMILES string of the molecule is CCOc1ccc(NC(=NC)NCc2ccnc(OCC(F)(F)F)c2)cc1OC. The van der Waals surface area contributed by atoms with Crippen LogP contribution in [0.5, 0.6) is 17.4 Å². The third-order valence-electron chi connectivity index (χ3n) is 3.59. The van der Waals surface area contributed by atoms with Crippen LogP contribution in [0, 0.1) is 0 Å². The van der Waals surface area contributed by atoms with Gasteiger partial charge < -0.3 is 24.8 Å². The summed E-state index contributed by atoms with van der Waals surface area (Å²) in [6.07, 6.45) is -3.03. The lowest BCUT2D eigenvalue weighted by atomic mass is 10.2. The topological polar surface area (TPSA) is 77.0 Å². The molecule has 2 aromatic rings. The van der Waals surface area contributed by atoms with E-state index < -0.39 is 12.8 Å². The molecule has 0 amide bonds. The minimum atomic E-state index is -4.42. The molecule has 0 spiro atoms. The van der Waals surface area contributed by atoms with E-state index in [0.29, 0.717) is 36.2 Å². The Morgan fingerprint density at radius 2 is 1.93 bits per heavy atom. The number of methoxy groups -OCH3 is 1. The van der Waals surface area contributed by atoms with Crippen LogP contribution >= 0.6 is 0 Å². The molecule has 1 aromatic carbocycles. The van der Waals surface area contributed by atoms with Gasteiger partial charge in [-0.3, -0.25) is 4.99 Å². The average molecular weight is 412 g/mol. The fourth-order valence-electron chi connectivity index (χ4n) is 2.32. The monoisotopic (exact) mass is 412 g/mol. The average Bonchev–Trinajstić information content (AvgIpc) is 2.70. The predicted molar refractivity (Wildman–Crippen MR) is 104 cm³/mol. The number of hydrogen-bond acceptors (Lipinski definition) is 5. The standard InChI is InChI=1S/C19H23F3N4O3/c1-4-28-15-6-5-14(10-16(15)27-3)26-18(23-2)25-11-13-7-8-24-17(9-13)29-12-19(20,21)22/h5-10H,4,11-12H2,1-3H3,(H2,23,25,26). The van der Waals surface area contributed by atoms with Crippen LogP contribution in [0.2, 0.25) is 0 Å². The van der Waals surface area contributed by atoms with E-state index in [1.54, 1.807) is 32.4 Å². The van der Waals surface area contributed by atoms with E-state index in [1.165, 1.54) is 12.3 Å². The number of hydrogen-bond donors (Lipinski definition) is 2. The zero-order valence-electron chi connectivity index (χ0n) is 16.3. The van der Waals surface area contributed by atoms with Crippen molar-refractivity contribution in [3.63, 3.8) is 0 Å². The zero-order chi connectivity index (χ0) is 21.3. The number of anilines is 1. The molecule has 0 saturated carbocycles. The van der Waals surface area contributed by atoms with Crippen LogP contribution < -0.4 is 24.8 Å². The van der Waals surface area contributed by atoms with Crippen LogP contribution in [0.3, 0.4) is 0 Å². The van der Waals surface area contributed by atoms with E-state index in [2.05, 4.69) is 25.3 Å². The normalized spacial score (nSPS) is 11.7. The van der Waals surface area contributed by atoms with Crippen molar-refractivity contribution in [1.29, 1.82) is 0 Å². The van der Waals surface area contributed by atoms with Gasteiger partial charge in [-0.05, 0) is 30.7 Å². The minimum Gasteiger partial charge on any atom is -0.493 e. The van der Waals surface area contributed by atoms with E-state index in [9.17, 15) is 13.2 Å². The molecule has 2 N–H and O–H groups in total. The first-order chi connectivity index (χ1) is 13.8. The van der Waals surface area contributed by atoms with Crippen molar-refractivity contribution in [3.8, 4) is 17.4 Å². The summed E-state index contributed by atoms with van der Waals surface area (Å²) >= 11 is 0. The number of ether oxygens (including phenoxy) is 3. The summed E-state index contributed by atoms with van der Waals surface area (Å²) in [5.41, 5.74) is 1.41. The summed E-state index contributed by atoms with van der Waals surface area (Å²) in [6, 6.07) is 8.47. The lowest BCUT2D eigenvalue weighted by molar-refractivity contribution is -0.154. The zero-order valence-corrected chi connectivity index (χ0v) is 16.3. The molecule has 29 heavy (non-hydrogen) atoms. The molecule has 10 heteroatoms. The van der Waals surface area contributed by atoms with Crippen LogP contribution in [0.4, 0.5) is 18.9 Å². The van der Waals surface area contributed by atoms with Gasteiger partial charge in [-0.25, -0.2) is 4.98 Å². The number of rotatable bonds is 8. The Morgan fingerprint density at radius 1 is 1.14 bits per heavy atom. The molecule has 0 fully saturated rings. The number of aliphatic imine (C=N–C) groups is 1. The number of pyridine rings is 1. The highest BCUT2D eigenvalue weighted by Gasteiger charge is 2.28. The van der Waals surface area contributed by atoms with Crippen molar-refractivity contribution in [2.75, 3.05) is 32.7 Å². The van der Waals surface area contributed by atoms with Crippen molar-refractivity contribution < 1.29 is 27.4 Å². The molecule has 0 aliphatic heterocycles. The Morgan fingerprint density at radius 3 is 2.59 bits per heavy atom. The number of guanidine groups is 1. The summed E-state index contributed by atoms with van der Waals surface area (Å²) < 4.78 is 52.3. The van der Waals surface area contributed by atoms with Crippen LogP contribution in [0.1, 0.15) is 12.5 Å². The first-order valence-electron chi connectivity index (χ1n) is 8.77. The van der Waals surface area contributed by atoms with E-state index in [4.69, 9.17) is 9.47 Å².